The number of ether oxygens (including phenoxy) is 1. The van der Waals surface area contributed by atoms with Gasteiger partial charge in [-0.1, -0.05) is 37.5 Å². The Labute approximate surface area is 231 Å². The number of nitrogens with one attached hydrogen (secondary N) is 1. The number of amides is 1. The van der Waals surface area contributed by atoms with Gasteiger partial charge in [-0.3, -0.25) is 4.79 Å². The first kappa shape index (κ1) is 28.7. The van der Waals surface area contributed by atoms with E-state index in [1.165, 1.54) is 17.0 Å². The van der Waals surface area contributed by atoms with E-state index in [0.717, 1.165) is 44.2 Å². The molecular weight excluding hydrogens is 521 g/mol. The molecule has 0 aromatic heterocycles. The second kappa shape index (κ2) is 11.9. The highest BCUT2D eigenvalue weighted by molar-refractivity contribution is 6.03. The highest BCUT2D eigenvalue weighted by Gasteiger charge is 2.42. The summed E-state index contributed by atoms with van der Waals surface area (Å²) in [6.45, 7) is 3.24. The Bertz CT molecular complexity index is 1380. The van der Waals surface area contributed by atoms with Crippen LogP contribution in [0.1, 0.15) is 68.6 Å². The van der Waals surface area contributed by atoms with Crippen molar-refractivity contribution in [1.82, 2.24) is 5.32 Å². The summed E-state index contributed by atoms with van der Waals surface area (Å²) in [5, 5.41) is 12.3. The maximum absolute atomic E-state index is 13.9. The van der Waals surface area contributed by atoms with E-state index in [2.05, 4.69) is 5.32 Å². The fourth-order valence-electron chi connectivity index (χ4n) is 5.39. The van der Waals surface area contributed by atoms with E-state index in [1.807, 2.05) is 6.07 Å². The Morgan fingerprint density at radius 2 is 1.77 bits per heavy atom. The van der Waals surface area contributed by atoms with Crippen LogP contribution in [0.2, 0.25) is 0 Å². The molecule has 2 aliphatic rings. The quantitative estimate of drug-likeness (QED) is 0.449. The fraction of sp³-hybridized carbons (Fsp3) is 0.367. The fourth-order valence-corrected chi connectivity index (χ4v) is 5.39. The molecule has 1 amide bonds. The molecule has 4 rings (SSSR count). The van der Waals surface area contributed by atoms with E-state index in [-0.39, 0.29) is 41.0 Å². The molecule has 3 N–H and O–H groups in total. The van der Waals surface area contributed by atoms with Crippen LogP contribution in [-0.2, 0) is 20.5 Å². The van der Waals surface area contributed by atoms with Crippen LogP contribution in [0.15, 0.2) is 71.2 Å². The average molecular weight is 553 g/mol. The van der Waals surface area contributed by atoms with Crippen LogP contribution in [0.4, 0.5) is 18.9 Å². The molecule has 0 saturated heterocycles. The largest absolute Gasteiger partial charge is 0.463 e. The average Bonchev–Trinajstić information content (AvgIpc) is 2.93. The summed E-state index contributed by atoms with van der Waals surface area (Å²) in [6, 6.07) is 12.9. The molecule has 0 radical (unpaired) electrons. The van der Waals surface area contributed by atoms with Crippen molar-refractivity contribution in [3.8, 4) is 6.07 Å². The lowest BCUT2D eigenvalue weighted by molar-refractivity contribution is -0.139. The number of anilines is 1. The molecule has 1 aliphatic carbocycles. The van der Waals surface area contributed by atoms with E-state index < -0.39 is 29.5 Å². The number of nitriles is 1. The molecule has 40 heavy (non-hydrogen) atoms. The van der Waals surface area contributed by atoms with Gasteiger partial charge in [0.2, 0.25) is 0 Å². The number of halogens is 3. The van der Waals surface area contributed by atoms with Gasteiger partial charge < -0.3 is 20.7 Å². The monoisotopic (exact) mass is 552 g/mol. The maximum atomic E-state index is 13.9. The van der Waals surface area contributed by atoms with Gasteiger partial charge in [-0.25, -0.2) is 4.79 Å². The molecule has 1 atom stereocenters. The van der Waals surface area contributed by atoms with Crippen LogP contribution in [0, 0.1) is 11.3 Å². The lowest BCUT2D eigenvalue weighted by atomic mass is 9.79. The standard InChI is InChI=1S/C30H31F3N4O3/c1-3-40-29(39)24-18(2)37(23-11-7-8-21(16-23)30(31,32)33)27(35)26(28(38)36-22-9-5-4-6-10-22)25(24)20-14-12-19(17-34)13-15-20/h7-8,11-16,22,25H,3-6,9-10,35H2,1-2H3,(H,36,38). The third kappa shape index (κ3) is 5.83. The SMILES string of the molecule is CCOC(=O)C1=C(C)N(c2cccc(C(F)(F)F)c2)C(N)=C(C(=O)NC2CCCCC2)C1c1ccc(C#N)cc1. The molecule has 2 aromatic rings. The molecule has 10 heteroatoms. The molecule has 1 aliphatic heterocycles. The first-order chi connectivity index (χ1) is 19.1. The molecular formula is C30H31F3N4O3. The van der Waals surface area contributed by atoms with Crippen molar-refractivity contribution in [2.24, 2.45) is 5.73 Å². The molecule has 0 bridgehead atoms. The summed E-state index contributed by atoms with van der Waals surface area (Å²) in [7, 11) is 0. The van der Waals surface area contributed by atoms with Crippen molar-refractivity contribution >= 4 is 17.6 Å². The first-order valence-corrected chi connectivity index (χ1v) is 13.2. The van der Waals surface area contributed by atoms with Crippen molar-refractivity contribution in [2.75, 3.05) is 11.5 Å². The first-order valence-electron chi connectivity index (χ1n) is 13.2. The van der Waals surface area contributed by atoms with E-state index >= 15 is 0 Å². The highest BCUT2D eigenvalue weighted by atomic mass is 19.4. The van der Waals surface area contributed by atoms with Gasteiger partial charge in [-0.15, -0.1) is 0 Å². The summed E-state index contributed by atoms with van der Waals surface area (Å²) in [5.74, 6) is -2.29. The van der Waals surface area contributed by atoms with Crippen molar-refractivity contribution in [3.63, 3.8) is 0 Å². The van der Waals surface area contributed by atoms with Gasteiger partial charge in [0.15, 0.2) is 0 Å². The van der Waals surface area contributed by atoms with Crippen molar-refractivity contribution in [1.29, 1.82) is 5.26 Å². The van der Waals surface area contributed by atoms with Crippen LogP contribution >= 0.6 is 0 Å². The number of nitrogens with zero attached hydrogens (tertiary/aromatic N) is 2. The third-order valence-electron chi connectivity index (χ3n) is 7.30. The predicted molar refractivity (Wildman–Crippen MR) is 143 cm³/mol. The highest BCUT2D eigenvalue weighted by Crippen LogP contribution is 2.44. The second-order valence-corrected chi connectivity index (χ2v) is 9.88. The van der Waals surface area contributed by atoms with Gasteiger partial charge in [-0.2, -0.15) is 18.4 Å². The normalized spacial score (nSPS) is 18.4. The topological polar surface area (TPSA) is 108 Å². The molecule has 2 aromatic carbocycles. The van der Waals surface area contributed by atoms with Crippen molar-refractivity contribution in [2.45, 2.75) is 64.1 Å². The van der Waals surface area contributed by atoms with E-state index in [4.69, 9.17) is 10.5 Å². The lowest BCUT2D eigenvalue weighted by Crippen LogP contribution is -2.44. The zero-order chi connectivity index (χ0) is 29.0. The van der Waals surface area contributed by atoms with Gasteiger partial charge in [0.25, 0.3) is 5.91 Å². The number of rotatable bonds is 6. The molecule has 1 heterocycles. The second-order valence-electron chi connectivity index (χ2n) is 9.88. The van der Waals surface area contributed by atoms with E-state index in [1.54, 1.807) is 38.1 Å². The molecule has 0 spiro atoms. The van der Waals surface area contributed by atoms with Crippen molar-refractivity contribution in [3.05, 3.63) is 87.9 Å². The third-order valence-corrected chi connectivity index (χ3v) is 7.30. The summed E-state index contributed by atoms with van der Waals surface area (Å²) < 4.78 is 46.2. The number of esters is 1. The summed E-state index contributed by atoms with van der Waals surface area (Å²) >= 11 is 0. The number of alkyl halides is 3. The number of hydrogen-bond acceptors (Lipinski definition) is 6. The van der Waals surface area contributed by atoms with Gasteiger partial charge in [0.05, 0.1) is 40.9 Å². The van der Waals surface area contributed by atoms with Crippen molar-refractivity contribution < 1.29 is 27.5 Å². The van der Waals surface area contributed by atoms with E-state index in [0.29, 0.717) is 11.1 Å². The molecule has 210 valence electrons. The minimum Gasteiger partial charge on any atom is -0.463 e. The molecule has 7 nitrogen and oxygen atoms in total. The number of benzene rings is 2. The van der Waals surface area contributed by atoms with Crippen LogP contribution < -0.4 is 16.0 Å². The number of carbonyl (C=O) groups excluding carboxylic acids is 2. The Kier molecular flexibility index (Phi) is 8.52. The Balaban J connectivity index is 1.94. The maximum Gasteiger partial charge on any atom is 0.416 e. The van der Waals surface area contributed by atoms with Gasteiger partial charge in [-0.05, 0) is 62.6 Å². The number of carbonyl (C=O) groups is 2. The smallest absolute Gasteiger partial charge is 0.416 e. The zero-order valence-corrected chi connectivity index (χ0v) is 22.3. The predicted octanol–water partition coefficient (Wildman–Crippen LogP) is 5.64. The summed E-state index contributed by atoms with van der Waals surface area (Å²) in [4.78, 5) is 28.7. The summed E-state index contributed by atoms with van der Waals surface area (Å²) in [5.41, 5.74) is 7.05. The Morgan fingerprint density at radius 3 is 2.38 bits per heavy atom. The van der Waals surface area contributed by atoms with Gasteiger partial charge in [0, 0.05) is 17.4 Å². The minimum atomic E-state index is -4.61. The van der Waals surface area contributed by atoms with Crippen LogP contribution in [0.25, 0.3) is 0 Å². The Morgan fingerprint density at radius 1 is 1.10 bits per heavy atom. The van der Waals surface area contributed by atoms with Gasteiger partial charge in [0.1, 0.15) is 5.82 Å². The minimum absolute atomic E-state index is 0.0290. The summed E-state index contributed by atoms with van der Waals surface area (Å²) in [6.07, 6.45) is -0.0415. The molecule has 1 fully saturated rings. The van der Waals surface area contributed by atoms with Crippen LogP contribution in [-0.4, -0.2) is 24.5 Å². The number of allylic oxidation sites excluding steroid dienone is 1. The zero-order valence-electron chi connectivity index (χ0n) is 22.3. The van der Waals surface area contributed by atoms with Crippen LogP contribution in [0.5, 0.6) is 0 Å². The lowest BCUT2D eigenvalue weighted by Gasteiger charge is -2.38. The number of hydrogen-bond donors (Lipinski definition) is 2. The van der Waals surface area contributed by atoms with E-state index in [9.17, 15) is 28.0 Å². The van der Waals surface area contributed by atoms with Gasteiger partial charge >= 0.3 is 12.1 Å². The van der Waals surface area contributed by atoms with Crippen LogP contribution in [0.3, 0.4) is 0 Å². The Hall–Kier alpha value is -4.26. The molecule has 1 saturated carbocycles. The number of nitrogens with two attached hydrogens (primary N) is 1. The molecule has 1 unspecified atom stereocenters.